The molecule has 3 rings (SSSR count). The van der Waals surface area contributed by atoms with Gasteiger partial charge in [0.25, 0.3) is 0 Å². The molecule has 0 aliphatic carbocycles. The van der Waals surface area contributed by atoms with E-state index in [9.17, 15) is 4.79 Å². The highest BCUT2D eigenvalue weighted by atomic mass is 16.1. The highest BCUT2D eigenvalue weighted by molar-refractivity contribution is 6.10. The topological polar surface area (TPSA) is 56.2 Å². The average Bonchev–Trinajstić information content (AvgIpc) is 2.90. The van der Waals surface area contributed by atoms with Crippen molar-refractivity contribution in [2.45, 2.75) is 12.8 Å². The monoisotopic (exact) mass is 241 g/mol. The average molecular weight is 241 g/mol. The van der Waals surface area contributed by atoms with E-state index < -0.39 is 0 Å². The second-order valence-corrected chi connectivity index (χ2v) is 4.55. The van der Waals surface area contributed by atoms with Gasteiger partial charge in [0, 0.05) is 30.6 Å². The Morgan fingerprint density at radius 1 is 1.22 bits per heavy atom. The van der Waals surface area contributed by atoms with Gasteiger partial charge >= 0.3 is 0 Å². The third-order valence-electron chi connectivity index (χ3n) is 3.43. The minimum absolute atomic E-state index is 0.0810. The zero-order valence-corrected chi connectivity index (χ0v) is 10.1. The van der Waals surface area contributed by atoms with E-state index in [2.05, 4.69) is 5.32 Å². The van der Waals surface area contributed by atoms with Crippen molar-refractivity contribution in [2.75, 3.05) is 13.1 Å². The SMILES string of the molecule is N=C1CCC(C(=O)c2ccccc2)=C2NCCN12. The highest BCUT2D eigenvalue weighted by Crippen LogP contribution is 2.26. The summed E-state index contributed by atoms with van der Waals surface area (Å²) in [7, 11) is 0. The Morgan fingerprint density at radius 2 is 2.00 bits per heavy atom. The largest absolute Gasteiger partial charge is 0.369 e. The molecule has 0 unspecified atom stereocenters. The molecule has 18 heavy (non-hydrogen) atoms. The van der Waals surface area contributed by atoms with Crippen molar-refractivity contribution in [3.05, 3.63) is 47.3 Å². The van der Waals surface area contributed by atoms with Crippen molar-refractivity contribution in [1.82, 2.24) is 10.2 Å². The number of rotatable bonds is 2. The first-order valence-corrected chi connectivity index (χ1v) is 6.19. The van der Waals surface area contributed by atoms with Gasteiger partial charge in [-0.25, -0.2) is 0 Å². The maximum atomic E-state index is 12.5. The summed E-state index contributed by atoms with van der Waals surface area (Å²) >= 11 is 0. The number of hydrogen-bond donors (Lipinski definition) is 2. The first-order chi connectivity index (χ1) is 8.77. The molecular weight excluding hydrogens is 226 g/mol. The summed E-state index contributed by atoms with van der Waals surface area (Å²) in [4.78, 5) is 14.4. The number of Topliss-reactive ketones (excluding diaryl/α,β-unsaturated/α-hetero) is 1. The predicted molar refractivity (Wildman–Crippen MR) is 69.5 cm³/mol. The third-order valence-corrected chi connectivity index (χ3v) is 3.43. The van der Waals surface area contributed by atoms with E-state index in [0.29, 0.717) is 18.7 Å². The van der Waals surface area contributed by atoms with Crippen LogP contribution in [0.15, 0.2) is 41.7 Å². The highest BCUT2D eigenvalue weighted by Gasteiger charge is 2.31. The molecule has 0 radical (unpaired) electrons. The normalized spacial score (nSPS) is 18.7. The first-order valence-electron chi connectivity index (χ1n) is 6.19. The molecular formula is C14H15N3O. The van der Waals surface area contributed by atoms with Crippen LogP contribution in [0.4, 0.5) is 0 Å². The van der Waals surface area contributed by atoms with E-state index in [4.69, 9.17) is 5.41 Å². The number of allylic oxidation sites excluding steroid dienone is 1. The lowest BCUT2D eigenvalue weighted by Crippen LogP contribution is -2.33. The summed E-state index contributed by atoms with van der Waals surface area (Å²) in [6, 6.07) is 9.35. The van der Waals surface area contributed by atoms with E-state index in [-0.39, 0.29) is 5.78 Å². The van der Waals surface area contributed by atoms with Gasteiger partial charge in [0.2, 0.25) is 0 Å². The van der Waals surface area contributed by atoms with Crippen LogP contribution in [0, 0.1) is 5.41 Å². The molecule has 1 aromatic carbocycles. The molecule has 92 valence electrons. The molecule has 2 aliphatic rings. The summed E-state index contributed by atoms with van der Waals surface area (Å²) in [5.41, 5.74) is 1.54. The number of amidine groups is 1. The van der Waals surface area contributed by atoms with Crippen molar-refractivity contribution in [3.8, 4) is 0 Å². The molecule has 2 N–H and O–H groups in total. The molecule has 0 bridgehead atoms. The Bertz CT molecular complexity index is 533. The number of nitrogens with zero attached hydrogens (tertiary/aromatic N) is 1. The second-order valence-electron chi connectivity index (χ2n) is 4.55. The minimum Gasteiger partial charge on any atom is -0.369 e. The van der Waals surface area contributed by atoms with E-state index in [0.717, 1.165) is 30.0 Å². The van der Waals surface area contributed by atoms with Gasteiger partial charge in [0.05, 0.1) is 0 Å². The van der Waals surface area contributed by atoms with Gasteiger partial charge in [-0.3, -0.25) is 10.2 Å². The standard InChI is InChI=1S/C14H15N3O/c15-12-7-6-11(14-16-8-9-17(12)14)13(18)10-4-2-1-3-5-10/h1-5,15-16H,6-9H2. The van der Waals surface area contributed by atoms with E-state index in [1.807, 2.05) is 35.2 Å². The van der Waals surface area contributed by atoms with Crippen molar-refractivity contribution in [2.24, 2.45) is 0 Å². The lowest BCUT2D eigenvalue weighted by molar-refractivity contribution is 0.102. The van der Waals surface area contributed by atoms with Crippen LogP contribution >= 0.6 is 0 Å². The van der Waals surface area contributed by atoms with Gasteiger partial charge in [-0.15, -0.1) is 0 Å². The van der Waals surface area contributed by atoms with Gasteiger partial charge in [-0.1, -0.05) is 30.3 Å². The molecule has 0 spiro atoms. The fourth-order valence-corrected chi connectivity index (χ4v) is 2.51. The Labute approximate surface area is 106 Å². The van der Waals surface area contributed by atoms with Crippen LogP contribution in [0.2, 0.25) is 0 Å². The van der Waals surface area contributed by atoms with Crippen molar-refractivity contribution >= 4 is 11.6 Å². The van der Waals surface area contributed by atoms with Gasteiger partial charge in [-0.2, -0.15) is 0 Å². The molecule has 2 aliphatic heterocycles. The zero-order chi connectivity index (χ0) is 12.5. The molecule has 1 fully saturated rings. The molecule has 0 atom stereocenters. The molecule has 0 saturated carbocycles. The van der Waals surface area contributed by atoms with Crippen LogP contribution in [0.5, 0.6) is 0 Å². The summed E-state index contributed by atoms with van der Waals surface area (Å²) < 4.78 is 0. The fraction of sp³-hybridized carbons (Fsp3) is 0.286. The number of carbonyl (C=O) groups is 1. The Balaban J connectivity index is 1.99. The number of nitrogens with one attached hydrogen (secondary N) is 2. The number of ketones is 1. The summed E-state index contributed by atoms with van der Waals surface area (Å²) in [6.45, 7) is 1.60. The van der Waals surface area contributed by atoms with Crippen LogP contribution < -0.4 is 5.32 Å². The summed E-state index contributed by atoms with van der Waals surface area (Å²) in [5, 5.41) is 11.1. The van der Waals surface area contributed by atoms with Gasteiger partial charge < -0.3 is 10.2 Å². The van der Waals surface area contributed by atoms with Crippen LogP contribution in [-0.2, 0) is 0 Å². The smallest absolute Gasteiger partial charge is 0.192 e. The third kappa shape index (κ3) is 1.70. The molecule has 1 aromatic rings. The molecule has 4 heteroatoms. The van der Waals surface area contributed by atoms with Crippen LogP contribution in [0.3, 0.4) is 0 Å². The number of benzene rings is 1. The van der Waals surface area contributed by atoms with Gasteiger partial charge in [-0.05, 0) is 6.42 Å². The molecule has 1 saturated heterocycles. The Morgan fingerprint density at radius 3 is 2.78 bits per heavy atom. The molecule has 4 nitrogen and oxygen atoms in total. The first kappa shape index (κ1) is 11.0. The lowest BCUT2D eigenvalue weighted by Gasteiger charge is -2.27. The zero-order valence-electron chi connectivity index (χ0n) is 10.1. The molecule has 2 heterocycles. The van der Waals surface area contributed by atoms with Crippen molar-refractivity contribution in [1.29, 1.82) is 5.41 Å². The number of hydrogen-bond acceptors (Lipinski definition) is 3. The lowest BCUT2D eigenvalue weighted by atomic mass is 9.96. The second kappa shape index (κ2) is 4.29. The van der Waals surface area contributed by atoms with Gasteiger partial charge in [0.1, 0.15) is 11.7 Å². The van der Waals surface area contributed by atoms with Gasteiger partial charge in [0.15, 0.2) is 5.78 Å². The molecule has 0 aromatic heterocycles. The molecule has 0 amide bonds. The van der Waals surface area contributed by atoms with Crippen LogP contribution in [0.25, 0.3) is 0 Å². The quantitative estimate of drug-likeness (QED) is 0.776. The van der Waals surface area contributed by atoms with E-state index >= 15 is 0 Å². The fourth-order valence-electron chi connectivity index (χ4n) is 2.51. The number of carbonyl (C=O) groups excluding carboxylic acids is 1. The number of fused-ring (bicyclic) bond motifs is 1. The Hall–Kier alpha value is -2.10. The predicted octanol–water partition coefficient (Wildman–Crippen LogP) is 1.76. The summed E-state index contributed by atoms with van der Waals surface area (Å²) in [5.74, 6) is 1.54. The summed E-state index contributed by atoms with van der Waals surface area (Å²) in [6.07, 6.45) is 1.31. The van der Waals surface area contributed by atoms with Crippen molar-refractivity contribution in [3.63, 3.8) is 0 Å². The van der Waals surface area contributed by atoms with E-state index in [1.165, 1.54) is 0 Å². The van der Waals surface area contributed by atoms with Crippen LogP contribution in [-0.4, -0.2) is 29.6 Å². The van der Waals surface area contributed by atoms with E-state index in [1.54, 1.807) is 0 Å². The minimum atomic E-state index is 0.0810. The maximum absolute atomic E-state index is 12.5. The van der Waals surface area contributed by atoms with Crippen LogP contribution in [0.1, 0.15) is 23.2 Å². The Kier molecular flexibility index (Phi) is 2.63. The van der Waals surface area contributed by atoms with Crippen molar-refractivity contribution < 1.29 is 4.79 Å². The maximum Gasteiger partial charge on any atom is 0.192 e.